The van der Waals surface area contributed by atoms with Gasteiger partial charge in [-0.2, -0.15) is 0 Å². The second kappa shape index (κ2) is 11.2. The Balaban J connectivity index is 0.00000312. The third-order valence-corrected chi connectivity index (χ3v) is 4.43. The number of ether oxygens (including phenoxy) is 3. The lowest BCUT2D eigenvalue weighted by molar-refractivity contribution is -0.122. The van der Waals surface area contributed by atoms with Gasteiger partial charge in [0.1, 0.15) is 11.5 Å². The largest absolute Gasteiger partial charge is 0.497 e. The van der Waals surface area contributed by atoms with Gasteiger partial charge < -0.3 is 24.8 Å². The fourth-order valence-corrected chi connectivity index (χ4v) is 2.94. The maximum Gasteiger partial charge on any atom is 0.223 e. The number of halogens is 1. The molecule has 0 saturated carbocycles. The lowest BCUT2D eigenvalue weighted by Gasteiger charge is -2.37. The first-order chi connectivity index (χ1) is 11.7. The van der Waals surface area contributed by atoms with Crippen LogP contribution in [0.4, 0.5) is 0 Å². The molecule has 1 aromatic rings. The first-order valence-corrected chi connectivity index (χ1v) is 8.41. The van der Waals surface area contributed by atoms with Crippen molar-refractivity contribution in [2.45, 2.75) is 19.3 Å². The highest BCUT2D eigenvalue weighted by atomic mass is 35.5. The molecule has 0 radical (unpaired) electrons. The fourth-order valence-electron chi connectivity index (χ4n) is 2.94. The number of carbonyl (C=O) groups excluding carboxylic acids is 1. The van der Waals surface area contributed by atoms with Crippen LogP contribution in [0.25, 0.3) is 0 Å². The number of hydrogen-bond acceptors (Lipinski definition) is 5. The summed E-state index contributed by atoms with van der Waals surface area (Å²) in [5.41, 5.74) is 0.0481. The van der Waals surface area contributed by atoms with Crippen LogP contribution >= 0.6 is 12.4 Å². The van der Waals surface area contributed by atoms with E-state index < -0.39 is 0 Å². The van der Waals surface area contributed by atoms with E-state index in [1.807, 2.05) is 24.3 Å². The van der Waals surface area contributed by atoms with E-state index in [4.69, 9.17) is 14.2 Å². The summed E-state index contributed by atoms with van der Waals surface area (Å²) >= 11 is 0. The summed E-state index contributed by atoms with van der Waals surface area (Å²) in [5.74, 6) is 1.53. The van der Waals surface area contributed by atoms with Crippen LogP contribution in [0.15, 0.2) is 24.3 Å². The van der Waals surface area contributed by atoms with Gasteiger partial charge in [-0.1, -0.05) is 0 Å². The molecule has 1 amide bonds. The number of rotatable bonds is 9. The SMILES string of the molecule is COCC1(CNC(=O)CCOc2ccc(OC)cc2)CCNCC1.Cl. The number of nitrogens with one attached hydrogen (secondary N) is 2. The predicted molar refractivity (Wildman–Crippen MR) is 99.8 cm³/mol. The van der Waals surface area contributed by atoms with E-state index in [2.05, 4.69) is 10.6 Å². The third-order valence-electron chi connectivity index (χ3n) is 4.43. The molecule has 25 heavy (non-hydrogen) atoms. The van der Waals surface area contributed by atoms with Crippen LogP contribution in [0.2, 0.25) is 0 Å². The fraction of sp³-hybridized carbons (Fsp3) is 0.611. The molecule has 0 bridgehead atoms. The van der Waals surface area contributed by atoms with Crippen molar-refractivity contribution >= 4 is 18.3 Å². The molecule has 1 aliphatic heterocycles. The minimum atomic E-state index is 0. The van der Waals surface area contributed by atoms with E-state index in [1.54, 1.807) is 14.2 Å². The van der Waals surface area contributed by atoms with Gasteiger partial charge in [-0.15, -0.1) is 12.4 Å². The molecule has 0 aliphatic carbocycles. The second-order valence-corrected chi connectivity index (χ2v) is 6.23. The Bertz CT molecular complexity index is 499. The van der Waals surface area contributed by atoms with E-state index in [0.29, 0.717) is 26.2 Å². The topological polar surface area (TPSA) is 68.8 Å². The van der Waals surface area contributed by atoms with Crippen LogP contribution in [-0.2, 0) is 9.53 Å². The smallest absolute Gasteiger partial charge is 0.223 e. The normalized spacial score (nSPS) is 15.8. The molecular formula is C18H29ClN2O4. The number of amides is 1. The molecular weight excluding hydrogens is 344 g/mol. The van der Waals surface area contributed by atoms with Gasteiger partial charge in [0.05, 0.1) is 26.7 Å². The Kier molecular flexibility index (Phi) is 9.63. The molecule has 2 rings (SSSR count). The van der Waals surface area contributed by atoms with Crippen molar-refractivity contribution in [1.29, 1.82) is 0 Å². The summed E-state index contributed by atoms with van der Waals surface area (Å²) in [6, 6.07) is 7.33. The average Bonchev–Trinajstić information content (AvgIpc) is 2.62. The Morgan fingerprint density at radius 2 is 1.80 bits per heavy atom. The lowest BCUT2D eigenvalue weighted by Crippen LogP contribution is -2.47. The van der Waals surface area contributed by atoms with Gasteiger partial charge in [0.2, 0.25) is 5.91 Å². The second-order valence-electron chi connectivity index (χ2n) is 6.23. The summed E-state index contributed by atoms with van der Waals surface area (Å²) in [7, 11) is 3.34. The maximum absolute atomic E-state index is 12.1. The Hall–Kier alpha value is -1.50. The molecule has 2 N–H and O–H groups in total. The van der Waals surface area contributed by atoms with E-state index in [1.165, 1.54) is 0 Å². The molecule has 0 aromatic heterocycles. The highest BCUT2D eigenvalue weighted by Crippen LogP contribution is 2.28. The van der Waals surface area contributed by atoms with Gasteiger partial charge in [0, 0.05) is 19.1 Å². The predicted octanol–water partition coefficient (Wildman–Crippen LogP) is 2.02. The summed E-state index contributed by atoms with van der Waals surface area (Å²) in [6.45, 7) is 3.64. The zero-order valence-corrected chi connectivity index (χ0v) is 15.8. The lowest BCUT2D eigenvalue weighted by atomic mass is 9.79. The number of carbonyl (C=O) groups is 1. The first-order valence-electron chi connectivity index (χ1n) is 8.41. The number of piperidine rings is 1. The zero-order valence-electron chi connectivity index (χ0n) is 15.0. The Morgan fingerprint density at radius 1 is 1.16 bits per heavy atom. The van der Waals surface area contributed by atoms with E-state index in [9.17, 15) is 4.79 Å². The number of hydrogen-bond donors (Lipinski definition) is 2. The summed E-state index contributed by atoms with van der Waals surface area (Å²) in [4.78, 5) is 12.1. The summed E-state index contributed by atoms with van der Waals surface area (Å²) < 4.78 is 16.0. The summed E-state index contributed by atoms with van der Waals surface area (Å²) in [6.07, 6.45) is 2.38. The van der Waals surface area contributed by atoms with Crippen LogP contribution < -0.4 is 20.1 Å². The van der Waals surface area contributed by atoms with E-state index >= 15 is 0 Å². The molecule has 1 aromatic carbocycles. The van der Waals surface area contributed by atoms with Crippen LogP contribution in [-0.4, -0.2) is 53.0 Å². The molecule has 142 valence electrons. The maximum atomic E-state index is 12.1. The van der Waals surface area contributed by atoms with E-state index in [0.717, 1.165) is 37.4 Å². The van der Waals surface area contributed by atoms with Gasteiger partial charge >= 0.3 is 0 Å². The zero-order chi connectivity index (χ0) is 17.3. The molecule has 0 unspecified atom stereocenters. The minimum absolute atomic E-state index is 0. The highest BCUT2D eigenvalue weighted by Gasteiger charge is 2.32. The minimum Gasteiger partial charge on any atom is -0.497 e. The molecule has 1 saturated heterocycles. The van der Waals surface area contributed by atoms with Crippen LogP contribution in [0, 0.1) is 5.41 Å². The van der Waals surface area contributed by atoms with Crippen LogP contribution in [0.3, 0.4) is 0 Å². The van der Waals surface area contributed by atoms with Crippen molar-refractivity contribution in [3.8, 4) is 11.5 Å². The molecule has 0 spiro atoms. The molecule has 1 fully saturated rings. The monoisotopic (exact) mass is 372 g/mol. The van der Waals surface area contributed by atoms with Crippen molar-refractivity contribution in [2.24, 2.45) is 5.41 Å². The van der Waals surface area contributed by atoms with Crippen LogP contribution in [0.1, 0.15) is 19.3 Å². The number of methoxy groups -OCH3 is 2. The van der Waals surface area contributed by atoms with Gasteiger partial charge in [0.25, 0.3) is 0 Å². The average molecular weight is 373 g/mol. The van der Waals surface area contributed by atoms with Crippen molar-refractivity contribution in [1.82, 2.24) is 10.6 Å². The van der Waals surface area contributed by atoms with Gasteiger partial charge in [-0.05, 0) is 50.2 Å². The van der Waals surface area contributed by atoms with Gasteiger partial charge in [-0.25, -0.2) is 0 Å². The van der Waals surface area contributed by atoms with Crippen molar-refractivity contribution < 1.29 is 19.0 Å². The number of benzene rings is 1. The molecule has 1 aliphatic rings. The molecule has 7 heteroatoms. The third kappa shape index (κ3) is 7.10. The van der Waals surface area contributed by atoms with Gasteiger partial charge in [0.15, 0.2) is 0 Å². The summed E-state index contributed by atoms with van der Waals surface area (Å²) in [5, 5.41) is 6.38. The standard InChI is InChI=1S/C18H28N2O4.ClH/c1-22-14-18(8-10-19-11-9-18)13-20-17(21)7-12-24-16-5-3-15(23-2)4-6-16;/h3-6,19H,7-14H2,1-2H3,(H,20,21);1H. The molecule has 1 heterocycles. The molecule has 6 nitrogen and oxygen atoms in total. The van der Waals surface area contributed by atoms with Gasteiger partial charge in [-0.3, -0.25) is 4.79 Å². The van der Waals surface area contributed by atoms with Crippen molar-refractivity contribution in [3.63, 3.8) is 0 Å². The Morgan fingerprint density at radius 3 is 2.40 bits per heavy atom. The van der Waals surface area contributed by atoms with E-state index in [-0.39, 0.29) is 23.7 Å². The highest BCUT2D eigenvalue weighted by molar-refractivity contribution is 5.85. The Labute approximate surface area is 156 Å². The quantitative estimate of drug-likeness (QED) is 0.694. The first kappa shape index (κ1) is 21.5. The van der Waals surface area contributed by atoms with Crippen molar-refractivity contribution in [3.05, 3.63) is 24.3 Å². The molecule has 0 atom stereocenters. The van der Waals surface area contributed by atoms with Crippen molar-refractivity contribution in [2.75, 3.05) is 47.1 Å². The van der Waals surface area contributed by atoms with Crippen LogP contribution in [0.5, 0.6) is 11.5 Å².